The van der Waals surface area contributed by atoms with Crippen LogP contribution in [0.25, 0.3) is 0 Å². The predicted octanol–water partition coefficient (Wildman–Crippen LogP) is 2.33. The monoisotopic (exact) mass is 438 g/mol. The molecule has 0 unspecified atom stereocenters. The molecule has 1 saturated carbocycles. The topological polar surface area (TPSA) is 91.8 Å². The minimum absolute atomic E-state index is 0.00475. The lowest BCUT2D eigenvalue weighted by atomic mass is 9.86. The Hall–Kier alpha value is -1.65. The first-order valence-electron chi connectivity index (χ1n) is 8.94. The van der Waals surface area contributed by atoms with Gasteiger partial charge in [-0.15, -0.1) is 0 Å². The van der Waals surface area contributed by atoms with E-state index in [4.69, 9.17) is 11.6 Å². The van der Waals surface area contributed by atoms with Crippen LogP contribution in [-0.2, 0) is 16.6 Å². The van der Waals surface area contributed by atoms with Gasteiger partial charge >= 0.3 is 6.61 Å². The average Bonchev–Trinajstić information content (AvgIpc) is 2.58. The second kappa shape index (κ2) is 10.8. The maximum absolute atomic E-state index is 12.5. The minimum Gasteiger partial charge on any atom is -0.434 e. The lowest BCUT2D eigenvalue weighted by Gasteiger charge is -2.25. The van der Waals surface area contributed by atoms with Crippen LogP contribution in [0, 0.1) is 5.92 Å². The van der Waals surface area contributed by atoms with E-state index in [1.165, 1.54) is 25.2 Å². The highest BCUT2D eigenvalue weighted by molar-refractivity contribution is 7.89. The first-order chi connectivity index (χ1) is 13.3. The maximum Gasteiger partial charge on any atom is 0.387 e. The molecule has 0 radical (unpaired) electrons. The molecule has 1 aliphatic rings. The van der Waals surface area contributed by atoms with Crippen LogP contribution in [0.5, 0.6) is 5.75 Å². The number of aliphatic imine (C=N–C) groups is 1. The summed E-state index contributed by atoms with van der Waals surface area (Å²) in [5, 5.41) is 6.19. The highest BCUT2D eigenvalue weighted by Crippen LogP contribution is 2.25. The van der Waals surface area contributed by atoms with Gasteiger partial charge in [0.05, 0.1) is 5.75 Å². The molecule has 11 heteroatoms. The van der Waals surface area contributed by atoms with E-state index in [9.17, 15) is 17.2 Å². The lowest BCUT2D eigenvalue weighted by molar-refractivity contribution is -0.0504. The zero-order valence-corrected chi connectivity index (χ0v) is 17.1. The first-order valence-corrected chi connectivity index (χ1v) is 11.0. The summed E-state index contributed by atoms with van der Waals surface area (Å²) >= 11 is 5.91. The van der Waals surface area contributed by atoms with E-state index in [2.05, 4.69) is 25.1 Å². The smallest absolute Gasteiger partial charge is 0.387 e. The third kappa shape index (κ3) is 7.76. The molecule has 1 fully saturated rings. The van der Waals surface area contributed by atoms with Crippen molar-refractivity contribution in [3.63, 3.8) is 0 Å². The van der Waals surface area contributed by atoms with E-state index in [-0.39, 0.29) is 24.6 Å². The fourth-order valence-corrected chi connectivity index (χ4v) is 3.81. The van der Waals surface area contributed by atoms with Crippen molar-refractivity contribution in [1.29, 1.82) is 0 Å². The van der Waals surface area contributed by atoms with Crippen molar-refractivity contribution in [3.8, 4) is 5.75 Å². The molecular weight excluding hydrogens is 414 g/mol. The molecule has 0 bridgehead atoms. The second-order valence-electron chi connectivity index (χ2n) is 6.45. The molecule has 0 heterocycles. The highest BCUT2D eigenvalue weighted by Gasteiger charge is 2.20. The number of alkyl halides is 2. The Kier molecular flexibility index (Phi) is 8.71. The van der Waals surface area contributed by atoms with Crippen LogP contribution >= 0.6 is 11.6 Å². The Morgan fingerprint density at radius 2 is 2.11 bits per heavy atom. The van der Waals surface area contributed by atoms with Crippen molar-refractivity contribution < 1.29 is 21.9 Å². The number of guanidine groups is 1. The molecular formula is C17H25ClF2N4O3S. The van der Waals surface area contributed by atoms with Crippen molar-refractivity contribution in [3.05, 3.63) is 28.8 Å². The number of sulfonamides is 1. The molecule has 0 aromatic heterocycles. The van der Waals surface area contributed by atoms with Gasteiger partial charge in [0.15, 0.2) is 5.96 Å². The van der Waals surface area contributed by atoms with Gasteiger partial charge < -0.3 is 15.4 Å². The number of halogens is 3. The van der Waals surface area contributed by atoms with E-state index >= 15 is 0 Å². The maximum atomic E-state index is 12.5. The fourth-order valence-electron chi connectivity index (χ4n) is 2.61. The zero-order valence-electron chi connectivity index (χ0n) is 15.6. The summed E-state index contributed by atoms with van der Waals surface area (Å²) < 4.78 is 56.1. The quantitative estimate of drug-likeness (QED) is 0.385. The van der Waals surface area contributed by atoms with E-state index in [0.717, 1.165) is 19.3 Å². The third-order valence-corrected chi connectivity index (χ3v) is 5.97. The Morgan fingerprint density at radius 3 is 2.71 bits per heavy atom. The van der Waals surface area contributed by atoms with Crippen molar-refractivity contribution in [1.82, 2.24) is 15.4 Å². The number of rotatable bonds is 10. The molecule has 0 spiro atoms. The van der Waals surface area contributed by atoms with Crippen LogP contribution in [0.1, 0.15) is 24.8 Å². The number of benzene rings is 1. The van der Waals surface area contributed by atoms with Crippen LogP contribution in [-0.4, -0.2) is 46.9 Å². The molecule has 158 valence electrons. The molecule has 1 aromatic rings. The molecule has 0 amide bonds. The molecule has 0 aliphatic heterocycles. The van der Waals surface area contributed by atoms with Crippen LogP contribution in [0.2, 0.25) is 5.02 Å². The van der Waals surface area contributed by atoms with E-state index in [1.54, 1.807) is 0 Å². The second-order valence-corrected chi connectivity index (χ2v) is 8.81. The number of hydrogen-bond acceptors (Lipinski definition) is 4. The third-order valence-electron chi connectivity index (χ3n) is 4.39. The van der Waals surface area contributed by atoms with Gasteiger partial charge in [-0.1, -0.05) is 18.0 Å². The van der Waals surface area contributed by atoms with E-state index in [0.29, 0.717) is 29.0 Å². The van der Waals surface area contributed by atoms with Gasteiger partial charge in [0.25, 0.3) is 0 Å². The normalized spacial score (nSPS) is 15.4. The summed E-state index contributed by atoms with van der Waals surface area (Å²) in [6.07, 6.45) is 3.29. The van der Waals surface area contributed by atoms with Gasteiger partial charge in [0.1, 0.15) is 5.75 Å². The van der Waals surface area contributed by atoms with Gasteiger partial charge in [-0.2, -0.15) is 8.78 Å². The largest absolute Gasteiger partial charge is 0.434 e. The van der Waals surface area contributed by atoms with Crippen LogP contribution in [0.3, 0.4) is 0 Å². The Morgan fingerprint density at radius 1 is 1.36 bits per heavy atom. The van der Waals surface area contributed by atoms with Crippen molar-refractivity contribution in [2.45, 2.75) is 32.4 Å². The Bertz CT molecular complexity index is 774. The van der Waals surface area contributed by atoms with Gasteiger partial charge in [0.2, 0.25) is 10.0 Å². The number of nitrogens with one attached hydrogen (secondary N) is 3. The van der Waals surface area contributed by atoms with Crippen LogP contribution in [0.4, 0.5) is 8.78 Å². The van der Waals surface area contributed by atoms with Gasteiger partial charge in [-0.3, -0.25) is 4.99 Å². The SMILES string of the molecule is CN=C(NCCS(=O)(=O)NCC1CCC1)NCc1cc(Cl)ccc1OC(F)F. The predicted molar refractivity (Wildman–Crippen MR) is 105 cm³/mol. The fraction of sp³-hybridized carbons (Fsp3) is 0.588. The van der Waals surface area contributed by atoms with Crippen LogP contribution < -0.4 is 20.1 Å². The zero-order chi connectivity index (χ0) is 20.6. The number of hydrogen-bond donors (Lipinski definition) is 3. The summed E-state index contributed by atoms with van der Waals surface area (Å²) in [5.74, 6) is 0.680. The summed E-state index contributed by atoms with van der Waals surface area (Å²) in [6, 6.07) is 4.33. The molecule has 1 aliphatic carbocycles. The van der Waals surface area contributed by atoms with Gasteiger partial charge in [-0.25, -0.2) is 13.1 Å². The van der Waals surface area contributed by atoms with Crippen molar-refractivity contribution >= 4 is 27.6 Å². The lowest BCUT2D eigenvalue weighted by Crippen LogP contribution is -2.41. The highest BCUT2D eigenvalue weighted by atomic mass is 35.5. The van der Waals surface area contributed by atoms with Crippen LogP contribution in [0.15, 0.2) is 23.2 Å². The number of ether oxygens (including phenoxy) is 1. The standard InChI is InChI=1S/C17H25ClF2N4O3S/c1-21-17(22-7-8-28(25,26)24-10-12-3-2-4-12)23-11-13-9-14(18)5-6-15(13)27-16(19)20/h5-6,9,12,16,24H,2-4,7-8,10-11H2,1H3,(H2,21,22,23). The molecule has 1 aromatic carbocycles. The van der Waals surface area contributed by atoms with Gasteiger partial charge in [0, 0.05) is 37.3 Å². The van der Waals surface area contributed by atoms with Crippen molar-refractivity contribution in [2.24, 2.45) is 10.9 Å². The molecule has 7 nitrogen and oxygen atoms in total. The molecule has 28 heavy (non-hydrogen) atoms. The Labute approximate surface area is 168 Å². The summed E-state index contributed by atoms with van der Waals surface area (Å²) in [5.41, 5.74) is 0.422. The summed E-state index contributed by atoms with van der Waals surface area (Å²) in [4.78, 5) is 3.99. The van der Waals surface area contributed by atoms with Crippen molar-refractivity contribution in [2.75, 3.05) is 25.9 Å². The average molecular weight is 439 g/mol. The number of nitrogens with zero attached hydrogens (tertiary/aromatic N) is 1. The molecule has 2 rings (SSSR count). The Balaban J connectivity index is 1.80. The van der Waals surface area contributed by atoms with Gasteiger partial charge in [-0.05, 0) is 37.0 Å². The molecule has 0 atom stereocenters. The minimum atomic E-state index is -3.37. The van der Waals surface area contributed by atoms with E-state index < -0.39 is 16.6 Å². The summed E-state index contributed by atoms with van der Waals surface area (Å²) in [7, 11) is -1.84. The molecule has 3 N–H and O–H groups in total. The summed E-state index contributed by atoms with van der Waals surface area (Å²) in [6.45, 7) is -2.20. The van der Waals surface area contributed by atoms with E-state index in [1.807, 2.05) is 0 Å². The molecule has 0 saturated heterocycles. The first kappa shape index (κ1) is 22.6.